The molecule has 0 aliphatic rings. The van der Waals surface area contributed by atoms with E-state index >= 15 is 0 Å². The zero-order chi connectivity index (χ0) is 8.81. The summed E-state index contributed by atoms with van der Waals surface area (Å²) >= 11 is 0. The van der Waals surface area contributed by atoms with E-state index < -0.39 is 0 Å². The van der Waals surface area contributed by atoms with Crippen LogP contribution < -0.4 is 5.32 Å². The molecule has 0 aromatic carbocycles. The van der Waals surface area contributed by atoms with Crippen LogP contribution in [-0.2, 0) is 13.1 Å². The summed E-state index contributed by atoms with van der Waals surface area (Å²) in [6.07, 6.45) is 1.98. The van der Waals surface area contributed by atoms with Crippen molar-refractivity contribution in [3.8, 4) is 6.07 Å². The minimum absolute atomic E-state index is 0.472. The summed E-state index contributed by atoms with van der Waals surface area (Å²) in [5.41, 5.74) is 0. The Labute approximate surface area is 71.0 Å². The zero-order valence-corrected chi connectivity index (χ0v) is 6.99. The highest BCUT2D eigenvalue weighted by atomic mass is 15.3. The first-order chi connectivity index (χ1) is 5.88. The van der Waals surface area contributed by atoms with Crippen LogP contribution in [0.5, 0.6) is 0 Å². The van der Waals surface area contributed by atoms with Crippen molar-refractivity contribution in [1.82, 2.24) is 20.1 Å². The fourth-order valence-electron chi connectivity index (χ4n) is 0.926. The number of nitrogens with one attached hydrogen (secondary N) is 1. The fraction of sp³-hybridized carbons (Fsp3) is 0.571. The molecule has 12 heavy (non-hydrogen) atoms. The molecule has 5 heteroatoms. The topological polar surface area (TPSA) is 66.5 Å². The van der Waals surface area contributed by atoms with Crippen molar-refractivity contribution < 1.29 is 0 Å². The molecule has 1 rings (SSSR count). The van der Waals surface area contributed by atoms with Gasteiger partial charge in [0.2, 0.25) is 0 Å². The monoisotopic (exact) mass is 165 g/mol. The van der Waals surface area contributed by atoms with Crippen LogP contribution in [0.25, 0.3) is 0 Å². The minimum atomic E-state index is 0.472. The van der Waals surface area contributed by atoms with Crippen LogP contribution in [0.2, 0.25) is 0 Å². The molecule has 0 fully saturated rings. The Morgan fingerprint density at radius 2 is 2.58 bits per heavy atom. The Morgan fingerprint density at radius 3 is 3.25 bits per heavy atom. The Kier molecular flexibility index (Phi) is 3.23. The van der Waals surface area contributed by atoms with E-state index in [-0.39, 0.29) is 0 Å². The second kappa shape index (κ2) is 4.46. The second-order valence-electron chi connectivity index (χ2n) is 2.34. The van der Waals surface area contributed by atoms with Gasteiger partial charge < -0.3 is 5.32 Å². The van der Waals surface area contributed by atoms with E-state index in [1.54, 1.807) is 4.68 Å². The largest absolute Gasteiger partial charge is 0.313 e. The standard InChI is InChI=1S/C7H11N5/c1-9-5-7-10-6-11-12(7)4-2-3-8/h6,9H,2,4-5H2,1H3. The molecular formula is C7H11N5. The van der Waals surface area contributed by atoms with Crippen LogP contribution in [-0.4, -0.2) is 21.8 Å². The Hall–Kier alpha value is -1.41. The second-order valence-corrected chi connectivity index (χ2v) is 2.34. The Bertz CT molecular complexity index is 272. The lowest BCUT2D eigenvalue weighted by molar-refractivity contribution is 0.573. The van der Waals surface area contributed by atoms with Crippen LogP contribution in [0.3, 0.4) is 0 Å². The number of hydrogen-bond acceptors (Lipinski definition) is 4. The van der Waals surface area contributed by atoms with Gasteiger partial charge >= 0.3 is 0 Å². The van der Waals surface area contributed by atoms with Crippen LogP contribution in [0, 0.1) is 11.3 Å². The van der Waals surface area contributed by atoms with Gasteiger partial charge in [-0.15, -0.1) is 0 Å². The first-order valence-corrected chi connectivity index (χ1v) is 3.76. The van der Waals surface area contributed by atoms with E-state index in [9.17, 15) is 0 Å². The zero-order valence-electron chi connectivity index (χ0n) is 6.99. The van der Waals surface area contributed by atoms with Crippen molar-refractivity contribution in [3.63, 3.8) is 0 Å². The van der Waals surface area contributed by atoms with Gasteiger partial charge in [0.25, 0.3) is 0 Å². The molecule has 0 radical (unpaired) electrons. The van der Waals surface area contributed by atoms with Crippen LogP contribution in [0.4, 0.5) is 0 Å². The molecule has 0 amide bonds. The lowest BCUT2D eigenvalue weighted by Crippen LogP contribution is -2.13. The first-order valence-electron chi connectivity index (χ1n) is 3.76. The van der Waals surface area contributed by atoms with Crippen molar-refractivity contribution in [2.75, 3.05) is 7.05 Å². The summed E-state index contributed by atoms with van der Waals surface area (Å²) in [5.74, 6) is 0.868. The van der Waals surface area contributed by atoms with Gasteiger partial charge in [0.15, 0.2) is 0 Å². The lowest BCUT2D eigenvalue weighted by Gasteiger charge is -2.01. The molecule has 1 aromatic rings. The maximum atomic E-state index is 8.36. The van der Waals surface area contributed by atoms with Gasteiger partial charge in [-0.2, -0.15) is 10.4 Å². The van der Waals surface area contributed by atoms with E-state index in [1.165, 1.54) is 6.33 Å². The van der Waals surface area contributed by atoms with Crippen molar-refractivity contribution in [2.45, 2.75) is 19.5 Å². The van der Waals surface area contributed by atoms with E-state index in [1.807, 2.05) is 7.05 Å². The van der Waals surface area contributed by atoms with Crippen molar-refractivity contribution in [3.05, 3.63) is 12.2 Å². The summed E-state index contributed by atoms with van der Waals surface area (Å²) in [4.78, 5) is 4.04. The highest BCUT2D eigenvalue weighted by Gasteiger charge is 2.00. The number of aromatic nitrogens is 3. The third-order valence-electron chi connectivity index (χ3n) is 1.47. The quantitative estimate of drug-likeness (QED) is 0.677. The van der Waals surface area contributed by atoms with Crippen LogP contribution in [0.15, 0.2) is 6.33 Å². The predicted molar refractivity (Wildman–Crippen MR) is 43.0 cm³/mol. The summed E-state index contributed by atoms with van der Waals surface area (Å²) in [7, 11) is 1.85. The molecule has 64 valence electrons. The summed E-state index contributed by atoms with van der Waals surface area (Å²) < 4.78 is 1.74. The highest BCUT2D eigenvalue weighted by molar-refractivity contribution is 4.84. The van der Waals surface area contributed by atoms with Gasteiger partial charge in [-0.05, 0) is 7.05 Å². The number of aryl methyl sites for hydroxylation is 1. The van der Waals surface area contributed by atoms with Gasteiger partial charge in [0, 0.05) is 0 Å². The number of rotatable bonds is 4. The normalized spacial score (nSPS) is 9.67. The van der Waals surface area contributed by atoms with E-state index in [0.29, 0.717) is 19.5 Å². The number of hydrogen-bond donors (Lipinski definition) is 1. The molecule has 0 atom stereocenters. The van der Waals surface area contributed by atoms with Gasteiger partial charge in [0.05, 0.1) is 25.6 Å². The molecule has 1 N–H and O–H groups in total. The molecule has 0 saturated carbocycles. The molecule has 1 aromatic heterocycles. The van der Waals surface area contributed by atoms with Gasteiger partial charge in [-0.3, -0.25) is 0 Å². The van der Waals surface area contributed by atoms with E-state index in [0.717, 1.165) is 5.82 Å². The SMILES string of the molecule is CNCc1ncnn1CCC#N. The van der Waals surface area contributed by atoms with E-state index in [2.05, 4.69) is 21.5 Å². The molecule has 0 spiro atoms. The average molecular weight is 165 g/mol. The average Bonchev–Trinajstić information content (AvgIpc) is 2.50. The summed E-state index contributed by atoms with van der Waals surface area (Å²) in [6.45, 7) is 1.30. The third kappa shape index (κ3) is 2.04. The number of nitriles is 1. The highest BCUT2D eigenvalue weighted by Crippen LogP contribution is 1.94. The predicted octanol–water partition coefficient (Wildman–Crippen LogP) is -0.0888. The summed E-state index contributed by atoms with van der Waals surface area (Å²) in [5, 5.41) is 15.3. The molecule has 0 saturated heterocycles. The van der Waals surface area contributed by atoms with Gasteiger partial charge in [0.1, 0.15) is 12.2 Å². The van der Waals surface area contributed by atoms with Gasteiger partial charge in [-0.1, -0.05) is 0 Å². The van der Waals surface area contributed by atoms with Crippen molar-refractivity contribution >= 4 is 0 Å². The van der Waals surface area contributed by atoms with Crippen molar-refractivity contribution in [1.29, 1.82) is 5.26 Å². The van der Waals surface area contributed by atoms with E-state index in [4.69, 9.17) is 5.26 Å². The van der Waals surface area contributed by atoms with Crippen molar-refractivity contribution in [2.24, 2.45) is 0 Å². The fourth-order valence-corrected chi connectivity index (χ4v) is 0.926. The smallest absolute Gasteiger partial charge is 0.140 e. The maximum absolute atomic E-state index is 8.36. The first kappa shape index (κ1) is 8.68. The van der Waals surface area contributed by atoms with Crippen LogP contribution in [0.1, 0.15) is 12.2 Å². The lowest BCUT2D eigenvalue weighted by atomic mass is 10.4. The molecular weight excluding hydrogens is 154 g/mol. The molecule has 0 unspecified atom stereocenters. The molecule has 5 nitrogen and oxygen atoms in total. The molecule has 0 aliphatic carbocycles. The molecule has 1 heterocycles. The Morgan fingerprint density at radius 1 is 1.75 bits per heavy atom. The Balaban J connectivity index is 2.58. The number of nitrogens with zero attached hydrogens (tertiary/aromatic N) is 4. The third-order valence-corrected chi connectivity index (χ3v) is 1.47. The van der Waals surface area contributed by atoms with Gasteiger partial charge in [-0.25, -0.2) is 9.67 Å². The van der Waals surface area contributed by atoms with Crippen LogP contribution >= 0.6 is 0 Å². The maximum Gasteiger partial charge on any atom is 0.140 e. The summed E-state index contributed by atoms with van der Waals surface area (Å²) in [6, 6.07) is 2.07. The minimum Gasteiger partial charge on any atom is -0.313 e. The molecule has 0 aliphatic heterocycles. The molecule has 0 bridgehead atoms.